The third-order valence-electron chi connectivity index (χ3n) is 3.07. The van der Waals surface area contributed by atoms with Crippen LogP contribution in [-0.2, 0) is 11.8 Å². The van der Waals surface area contributed by atoms with Gasteiger partial charge in [0.15, 0.2) is 5.82 Å². The molecule has 0 spiro atoms. The Bertz CT molecular complexity index is 782. The van der Waals surface area contributed by atoms with Crippen molar-refractivity contribution < 1.29 is 4.79 Å². The minimum absolute atomic E-state index is 0.0492. The highest BCUT2D eigenvalue weighted by molar-refractivity contribution is 8.00. The third kappa shape index (κ3) is 3.44. The van der Waals surface area contributed by atoms with Gasteiger partial charge in [0.1, 0.15) is 0 Å². The molecule has 0 aliphatic heterocycles. The number of fused-ring (bicyclic) bond motifs is 1. The maximum Gasteiger partial charge on any atom is 0.235 e. The molecule has 3 rings (SSSR count). The SMILES string of the molecule is Cn1ccc(NC(=O)CSc2ccc3ccccc3c2)n1. The Morgan fingerprint density at radius 2 is 2.00 bits per heavy atom. The van der Waals surface area contributed by atoms with Crippen LogP contribution >= 0.6 is 11.8 Å². The van der Waals surface area contributed by atoms with E-state index in [4.69, 9.17) is 0 Å². The number of thioether (sulfide) groups is 1. The van der Waals surface area contributed by atoms with E-state index in [0.717, 1.165) is 4.90 Å². The predicted octanol–water partition coefficient (Wildman–Crippen LogP) is 3.30. The van der Waals surface area contributed by atoms with Crippen molar-refractivity contribution in [2.75, 3.05) is 11.1 Å². The van der Waals surface area contributed by atoms with Gasteiger partial charge in [-0.1, -0.05) is 30.3 Å². The normalized spacial score (nSPS) is 10.7. The molecule has 1 aromatic heterocycles. The van der Waals surface area contributed by atoms with Gasteiger partial charge in [-0.05, 0) is 22.9 Å². The highest BCUT2D eigenvalue weighted by atomic mass is 32.2. The smallest absolute Gasteiger partial charge is 0.235 e. The monoisotopic (exact) mass is 297 g/mol. The molecule has 21 heavy (non-hydrogen) atoms. The summed E-state index contributed by atoms with van der Waals surface area (Å²) in [6.07, 6.45) is 1.80. The summed E-state index contributed by atoms with van der Waals surface area (Å²) in [5.41, 5.74) is 0. The number of anilines is 1. The van der Waals surface area contributed by atoms with Crippen molar-refractivity contribution in [3.8, 4) is 0 Å². The van der Waals surface area contributed by atoms with Crippen molar-refractivity contribution >= 4 is 34.3 Å². The molecule has 2 aromatic carbocycles. The van der Waals surface area contributed by atoms with Gasteiger partial charge in [-0.3, -0.25) is 9.48 Å². The van der Waals surface area contributed by atoms with E-state index in [1.807, 2.05) is 25.2 Å². The topological polar surface area (TPSA) is 46.9 Å². The molecule has 1 amide bonds. The van der Waals surface area contributed by atoms with E-state index in [-0.39, 0.29) is 5.91 Å². The molecule has 106 valence electrons. The Balaban J connectivity index is 1.61. The van der Waals surface area contributed by atoms with E-state index >= 15 is 0 Å². The van der Waals surface area contributed by atoms with E-state index in [1.54, 1.807) is 16.9 Å². The standard InChI is InChI=1S/C16H15N3OS/c1-19-9-8-15(18-19)17-16(20)11-21-14-7-6-12-4-2-3-5-13(12)10-14/h2-10H,11H2,1H3,(H,17,18,20). The van der Waals surface area contributed by atoms with Crippen molar-refractivity contribution in [2.45, 2.75) is 4.90 Å². The van der Waals surface area contributed by atoms with Crippen molar-refractivity contribution in [3.63, 3.8) is 0 Å². The van der Waals surface area contributed by atoms with Gasteiger partial charge in [0.05, 0.1) is 5.75 Å². The van der Waals surface area contributed by atoms with Gasteiger partial charge in [0, 0.05) is 24.2 Å². The Morgan fingerprint density at radius 3 is 2.76 bits per heavy atom. The molecule has 0 aliphatic rings. The summed E-state index contributed by atoms with van der Waals surface area (Å²) in [7, 11) is 1.82. The maximum atomic E-state index is 11.9. The number of rotatable bonds is 4. The fourth-order valence-corrected chi connectivity index (χ4v) is 2.81. The molecule has 0 fully saturated rings. The number of aromatic nitrogens is 2. The van der Waals surface area contributed by atoms with Gasteiger partial charge < -0.3 is 5.32 Å². The summed E-state index contributed by atoms with van der Waals surface area (Å²) in [6.45, 7) is 0. The molecule has 0 aliphatic carbocycles. The summed E-state index contributed by atoms with van der Waals surface area (Å²) >= 11 is 1.52. The quantitative estimate of drug-likeness (QED) is 0.752. The van der Waals surface area contributed by atoms with Crippen LogP contribution in [0.25, 0.3) is 10.8 Å². The Morgan fingerprint density at radius 1 is 1.19 bits per heavy atom. The molecule has 5 heteroatoms. The minimum Gasteiger partial charge on any atom is -0.308 e. The molecule has 0 saturated carbocycles. The van der Waals surface area contributed by atoms with Gasteiger partial charge in [0.25, 0.3) is 0 Å². The van der Waals surface area contributed by atoms with Crippen LogP contribution in [0.4, 0.5) is 5.82 Å². The number of nitrogens with zero attached hydrogens (tertiary/aromatic N) is 2. The van der Waals surface area contributed by atoms with E-state index in [9.17, 15) is 4.79 Å². The number of aryl methyl sites for hydroxylation is 1. The molecular formula is C16H15N3OS. The molecule has 0 saturated heterocycles. The lowest BCUT2D eigenvalue weighted by molar-refractivity contribution is -0.113. The highest BCUT2D eigenvalue weighted by Crippen LogP contribution is 2.23. The van der Waals surface area contributed by atoms with Crippen LogP contribution in [0.3, 0.4) is 0 Å². The molecule has 1 N–H and O–H groups in total. The molecular weight excluding hydrogens is 282 g/mol. The van der Waals surface area contributed by atoms with E-state index < -0.39 is 0 Å². The van der Waals surface area contributed by atoms with Gasteiger partial charge in [-0.2, -0.15) is 5.10 Å². The number of hydrogen-bond donors (Lipinski definition) is 1. The van der Waals surface area contributed by atoms with E-state index in [0.29, 0.717) is 11.6 Å². The first-order chi connectivity index (χ1) is 10.2. The van der Waals surface area contributed by atoms with Crippen LogP contribution in [-0.4, -0.2) is 21.4 Å². The van der Waals surface area contributed by atoms with Crippen LogP contribution in [0.15, 0.2) is 59.6 Å². The van der Waals surface area contributed by atoms with Crippen molar-refractivity contribution in [1.29, 1.82) is 0 Å². The van der Waals surface area contributed by atoms with Crippen molar-refractivity contribution in [1.82, 2.24) is 9.78 Å². The summed E-state index contributed by atoms with van der Waals surface area (Å²) in [6, 6.07) is 16.2. The van der Waals surface area contributed by atoms with Crippen LogP contribution in [0.5, 0.6) is 0 Å². The average molecular weight is 297 g/mol. The number of carbonyl (C=O) groups excluding carboxylic acids is 1. The second-order valence-electron chi connectivity index (χ2n) is 4.72. The van der Waals surface area contributed by atoms with E-state index in [2.05, 4.69) is 34.7 Å². The number of amides is 1. The van der Waals surface area contributed by atoms with E-state index in [1.165, 1.54) is 22.5 Å². The summed E-state index contributed by atoms with van der Waals surface area (Å²) < 4.78 is 1.66. The lowest BCUT2D eigenvalue weighted by Gasteiger charge is -2.04. The molecule has 0 radical (unpaired) electrons. The first-order valence-corrected chi connectivity index (χ1v) is 7.60. The molecule has 0 unspecified atom stereocenters. The minimum atomic E-state index is -0.0492. The van der Waals surface area contributed by atoms with Gasteiger partial charge in [-0.15, -0.1) is 11.8 Å². The third-order valence-corrected chi connectivity index (χ3v) is 4.07. The molecule has 0 bridgehead atoms. The van der Waals surface area contributed by atoms with Gasteiger partial charge >= 0.3 is 0 Å². The van der Waals surface area contributed by atoms with Crippen LogP contribution in [0, 0.1) is 0 Å². The number of benzene rings is 2. The molecule has 1 heterocycles. The fraction of sp³-hybridized carbons (Fsp3) is 0.125. The van der Waals surface area contributed by atoms with Gasteiger partial charge in [0.2, 0.25) is 5.91 Å². The largest absolute Gasteiger partial charge is 0.308 e. The van der Waals surface area contributed by atoms with Crippen molar-refractivity contribution in [3.05, 3.63) is 54.7 Å². The summed E-state index contributed by atoms with van der Waals surface area (Å²) in [5, 5.41) is 9.30. The number of nitrogens with one attached hydrogen (secondary N) is 1. The molecule has 0 atom stereocenters. The zero-order chi connectivity index (χ0) is 14.7. The highest BCUT2D eigenvalue weighted by Gasteiger charge is 2.06. The molecule has 3 aromatic rings. The second-order valence-corrected chi connectivity index (χ2v) is 5.77. The second kappa shape index (κ2) is 6.01. The Labute approximate surface area is 127 Å². The maximum absolute atomic E-state index is 11.9. The van der Waals surface area contributed by atoms with Crippen LogP contribution in [0.2, 0.25) is 0 Å². The van der Waals surface area contributed by atoms with Crippen LogP contribution in [0.1, 0.15) is 0 Å². The van der Waals surface area contributed by atoms with Crippen molar-refractivity contribution in [2.24, 2.45) is 7.05 Å². The zero-order valence-corrected chi connectivity index (χ0v) is 12.4. The lowest BCUT2D eigenvalue weighted by atomic mass is 10.1. The predicted molar refractivity (Wildman–Crippen MR) is 86.5 cm³/mol. The zero-order valence-electron chi connectivity index (χ0n) is 11.6. The van der Waals surface area contributed by atoms with Gasteiger partial charge in [-0.25, -0.2) is 0 Å². The first kappa shape index (κ1) is 13.7. The molecule has 4 nitrogen and oxygen atoms in total. The fourth-order valence-electron chi connectivity index (χ4n) is 2.07. The Hall–Kier alpha value is -2.27. The first-order valence-electron chi connectivity index (χ1n) is 6.62. The summed E-state index contributed by atoms with van der Waals surface area (Å²) in [5.74, 6) is 0.906. The number of carbonyl (C=O) groups is 1. The lowest BCUT2D eigenvalue weighted by Crippen LogP contribution is -2.14. The number of hydrogen-bond acceptors (Lipinski definition) is 3. The summed E-state index contributed by atoms with van der Waals surface area (Å²) in [4.78, 5) is 13.0. The Kier molecular flexibility index (Phi) is 3.92. The van der Waals surface area contributed by atoms with Crippen LogP contribution < -0.4 is 5.32 Å². The average Bonchev–Trinajstić information content (AvgIpc) is 2.90.